The Labute approximate surface area is 227 Å². The van der Waals surface area contributed by atoms with Crippen LogP contribution in [0.2, 0.25) is 0 Å². The lowest BCUT2D eigenvalue weighted by atomic mass is 10.1. The van der Waals surface area contributed by atoms with Crippen LogP contribution < -0.4 is 19.1 Å². The summed E-state index contributed by atoms with van der Waals surface area (Å²) in [4.78, 5) is 28.0. The van der Waals surface area contributed by atoms with E-state index in [1.54, 1.807) is 29.2 Å². The van der Waals surface area contributed by atoms with E-state index in [0.29, 0.717) is 24.4 Å². The van der Waals surface area contributed by atoms with Gasteiger partial charge in [-0.15, -0.1) is 0 Å². The first-order valence-corrected chi connectivity index (χ1v) is 13.9. The molecule has 2 amide bonds. The zero-order chi connectivity index (χ0) is 28.0. The second-order valence-electron chi connectivity index (χ2n) is 8.95. The summed E-state index contributed by atoms with van der Waals surface area (Å²) in [7, 11) is -1.51. The smallest absolute Gasteiger partial charge is 0.264 e. The van der Waals surface area contributed by atoms with Crippen molar-refractivity contribution >= 4 is 33.2 Å². The molecule has 0 bridgehead atoms. The number of nitrogens with zero attached hydrogens (tertiary/aromatic N) is 2. The Balaban J connectivity index is 1.64. The summed E-state index contributed by atoms with van der Waals surface area (Å²) in [5.41, 5.74) is 0.684. The van der Waals surface area contributed by atoms with Crippen LogP contribution in [0.5, 0.6) is 11.5 Å². The molecule has 3 aromatic rings. The van der Waals surface area contributed by atoms with Crippen molar-refractivity contribution in [3.63, 3.8) is 0 Å². The average molecular weight is 556 g/mol. The second-order valence-corrected chi connectivity index (χ2v) is 10.8. The van der Waals surface area contributed by atoms with E-state index in [2.05, 4.69) is 5.32 Å². The number of carbonyl (C=O) groups excluding carboxylic acids is 2. The summed E-state index contributed by atoms with van der Waals surface area (Å²) < 4.78 is 52.5. The number of carbonyl (C=O) groups is 2. The zero-order valence-electron chi connectivity index (χ0n) is 21.7. The number of methoxy groups -OCH3 is 2. The van der Waals surface area contributed by atoms with Gasteiger partial charge in [-0.05, 0) is 67.8 Å². The Bertz CT molecular complexity index is 1440. The molecule has 0 spiro atoms. The molecule has 1 fully saturated rings. The van der Waals surface area contributed by atoms with Gasteiger partial charge in [-0.3, -0.25) is 13.9 Å². The minimum absolute atomic E-state index is 0.0824. The molecular weight excluding hydrogens is 525 g/mol. The second kappa shape index (κ2) is 12.2. The molecular formula is C28H30FN3O6S. The van der Waals surface area contributed by atoms with Crippen LogP contribution in [-0.2, 0) is 14.8 Å². The summed E-state index contributed by atoms with van der Waals surface area (Å²) in [5.74, 6) is -0.914. The Hall–Kier alpha value is -4.12. The zero-order valence-corrected chi connectivity index (χ0v) is 22.5. The normalized spacial score (nSPS) is 13.5. The molecule has 0 unspecified atom stereocenters. The van der Waals surface area contributed by atoms with Crippen molar-refractivity contribution in [3.05, 3.63) is 78.1 Å². The van der Waals surface area contributed by atoms with Gasteiger partial charge >= 0.3 is 0 Å². The molecule has 1 heterocycles. The molecule has 0 aliphatic carbocycles. The number of amides is 2. The number of likely N-dealkylation sites (tertiary alicyclic amines) is 1. The summed E-state index contributed by atoms with van der Waals surface area (Å²) in [6.07, 6.45) is 2.90. The van der Waals surface area contributed by atoms with Crippen LogP contribution in [-0.4, -0.2) is 59.0 Å². The lowest BCUT2D eigenvalue weighted by Gasteiger charge is -2.28. The van der Waals surface area contributed by atoms with E-state index in [1.165, 1.54) is 44.6 Å². The fraction of sp³-hybridized carbons (Fsp3) is 0.286. The number of rotatable bonds is 9. The van der Waals surface area contributed by atoms with E-state index >= 15 is 0 Å². The molecule has 9 nitrogen and oxygen atoms in total. The quantitative estimate of drug-likeness (QED) is 0.422. The van der Waals surface area contributed by atoms with Gasteiger partial charge in [-0.25, -0.2) is 12.8 Å². The summed E-state index contributed by atoms with van der Waals surface area (Å²) in [5, 5.41) is 2.70. The molecule has 0 aromatic heterocycles. The largest absolute Gasteiger partial charge is 0.493 e. The standard InChI is InChI=1S/C28H30FN3O6S/c1-37-25-15-14-22(18-26(25)38-2)39(35,36)32(21-12-10-20(29)11-13-21)19-27(33)30-24-9-5-4-8-23(24)28(34)31-16-6-3-7-17-31/h4-5,8-15,18H,3,6-7,16-17,19H2,1-2H3,(H,30,33). The van der Waals surface area contributed by atoms with Crippen molar-refractivity contribution in [1.29, 1.82) is 0 Å². The highest BCUT2D eigenvalue weighted by Crippen LogP contribution is 2.32. The molecule has 1 aliphatic rings. The Morgan fingerprint density at radius 3 is 2.26 bits per heavy atom. The van der Waals surface area contributed by atoms with Crippen LogP contribution in [0, 0.1) is 5.82 Å². The van der Waals surface area contributed by atoms with Gasteiger partial charge in [-0.2, -0.15) is 0 Å². The van der Waals surface area contributed by atoms with Crippen molar-refractivity contribution < 1.29 is 31.9 Å². The van der Waals surface area contributed by atoms with E-state index in [-0.39, 0.29) is 27.9 Å². The summed E-state index contributed by atoms with van der Waals surface area (Å²) in [6.45, 7) is 0.653. The Kier molecular flexibility index (Phi) is 8.70. The maximum atomic E-state index is 13.8. The third-order valence-electron chi connectivity index (χ3n) is 6.42. The SMILES string of the molecule is COc1ccc(S(=O)(=O)N(CC(=O)Nc2ccccc2C(=O)N2CCCCC2)c2ccc(F)cc2)cc1OC. The van der Waals surface area contributed by atoms with Crippen molar-refractivity contribution in [3.8, 4) is 11.5 Å². The molecule has 4 rings (SSSR count). The van der Waals surface area contributed by atoms with Gasteiger partial charge in [0, 0.05) is 19.2 Å². The van der Waals surface area contributed by atoms with E-state index < -0.39 is 28.3 Å². The number of para-hydroxylation sites is 1. The molecule has 1 N–H and O–H groups in total. The Morgan fingerprint density at radius 2 is 1.59 bits per heavy atom. The van der Waals surface area contributed by atoms with Gasteiger partial charge in [0.25, 0.3) is 15.9 Å². The molecule has 1 saturated heterocycles. The van der Waals surface area contributed by atoms with Crippen LogP contribution in [0.15, 0.2) is 71.6 Å². The Morgan fingerprint density at radius 1 is 0.923 bits per heavy atom. The molecule has 1 aliphatic heterocycles. The van der Waals surface area contributed by atoms with Crippen molar-refractivity contribution in [1.82, 2.24) is 4.90 Å². The highest BCUT2D eigenvalue weighted by atomic mass is 32.2. The number of anilines is 2. The van der Waals surface area contributed by atoms with Crippen LogP contribution >= 0.6 is 0 Å². The highest BCUT2D eigenvalue weighted by molar-refractivity contribution is 7.92. The van der Waals surface area contributed by atoms with Gasteiger partial charge in [0.15, 0.2) is 11.5 Å². The third kappa shape index (κ3) is 6.31. The topological polar surface area (TPSA) is 105 Å². The fourth-order valence-corrected chi connectivity index (χ4v) is 5.83. The van der Waals surface area contributed by atoms with Crippen molar-refractivity contribution in [2.45, 2.75) is 24.2 Å². The summed E-state index contributed by atoms with van der Waals surface area (Å²) in [6, 6.07) is 15.4. The molecule has 3 aromatic carbocycles. The lowest BCUT2D eigenvalue weighted by Crippen LogP contribution is -2.39. The number of hydrogen-bond acceptors (Lipinski definition) is 6. The third-order valence-corrected chi connectivity index (χ3v) is 8.19. The lowest BCUT2D eigenvalue weighted by molar-refractivity contribution is -0.114. The van der Waals surface area contributed by atoms with E-state index in [4.69, 9.17) is 9.47 Å². The molecule has 39 heavy (non-hydrogen) atoms. The van der Waals surface area contributed by atoms with Gasteiger partial charge in [0.1, 0.15) is 12.4 Å². The number of nitrogens with one attached hydrogen (secondary N) is 1. The molecule has 0 radical (unpaired) electrons. The number of hydrogen-bond donors (Lipinski definition) is 1. The summed E-state index contributed by atoms with van der Waals surface area (Å²) >= 11 is 0. The first-order valence-electron chi connectivity index (χ1n) is 12.4. The maximum absolute atomic E-state index is 13.8. The number of ether oxygens (including phenoxy) is 2. The van der Waals surface area contributed by atoms with Gasteiger partial charge in [-0.1, -0.05) is 12.1 Å². The van der Waals surface area contributed by atoms with Crippen LogP contribution in [0.25, 0.3) is 0 Å². The van der Waals surface area contributed by atoms with Gasteiger partial charge in [0.2, 0.25) is 5.91 Å². The monoisotopic (exact) mass is 555 g/mol. The van der Waals surface area contributed by atoms with E-state index in [1.807, 2.05) is 0 Å². The van der Waals surface area contributed by atoms with Gasteiger partial charge in [0.05, 0.1) is 36.1 Å². The number of halogens is 1. The van der Waals surface area contributed by atoms with E-state index in [0.717, 1.165) is 35.7 Å². The van der Waals surface area contributed by atoms with Crippen molar-refractivity contribution in [2.75, 3.05) is 43.5 Å². The van der Waals surface area contributed by atoms with Crippen LogP contribution in [0.1, 0.15) is 29.6 Å². The minimum Gasteiger partial charge on any atom is -0.493 e. The minimum atomic E-state index is -4.32. The number of benzene rings is 3. The average Bonchev–Trinajstić information content (AvgIpc) is 2.96. The van der Waals surface area contributed by atoms with Crippen LogP contribution in [0.3, 0.4) is 0 Å². The molecule has 0 saturated carbocycles. The predicted molar refractivity (Wildman–Crippen MR) is 145 cm³/mol. The molecule has 206 valence electrons. The first-order chi connectivity index (χ1) is 18.7. The fourth-order valence-electron chi connectivity index (χ4n) is 4.39. The molecule has 11 heteroatoms. The maximum Gasteiger partial charge on any atom is 0.264 e. The first kappa shape index (κ1) is 27.9. The number of sulfonamides is 1. The molecule has 0 atom stereocenters. The number of piperidine rings is 1. The predicted octanol–water partition coefficient (Wildman–Crippen LogP) is 4.30. The highest BCUT2D eigenvalue weighted by Gasteiger charge is 2.29. The van der Waals surface area contributed by atoms with E-state index in [9.17, 15) is 22.4 Å². The van der Waals surface area contributed by atoms with Gasteiger partial charge < -0.3 is 19.7 Å². The van der Waals surface area contributed by atoms with Crippen molar-refractivity contribution in [2.24, 2.45) is 0 Å². The van der Waals surface area contributed by atoms with Crippen LogP contribution in [0.4, 0.5) is 15.8 Å².